The fourth-order valence-corrected chi connectivity index (χ4v) is 20.9. The normalized spacial score (nSPS) is 11.1. The van der Waals surface area contributed by atoms with Gasteiger partial charge >= 0.3 is 0 Å². The minimum Gasteiger partial charge on any atom is -0.356 e. The van der Waals surface area contributed by atoms with Crippen molar-refractivity contribution in [2.45, 2.75) is 111 Å². The van der Waals surface area contributed by atoms with Gasteiger partial charge in [-0.2, -0.15) is 0 Å². The second-order valence-electron chi connectivity index (χ2n) is 38.6. The highest BCUT2D eigenvalue weighted by molar-refractivity contribution is 14.1. The maximum Gasteiger partial charge on any atom is 0.0464 e. The highest BCUT2D eigenvalue weighted by atomic mass is 127. The molecule has 0 heterocycles. The van der Waals surface area contributed by atoms with Gasteiger partial charge < -0.3 is 20.4 Å². The van der Waals surface area contributed by atoms with E-state index in [4.69, 9.17) is 0 Å². The van der Waals surface area contributed by atoms with Gasteiger partial charge in [-0.05, 0) is 492 Å². The Morgan fingerprint density at radius 1 is 0.153 bits per heavy atom. The molecule has 0 spiro atoms. The van der Waals surface area contributed by atoms with Gasteiger partial charge in [0.1, 0.15) is 0 Å². The molecule has 0 unspecified atom stereocenters. The molecule has 0 amide bonds. The third-order valence-corrected chi connectivity index (χ3v) is 30.0. The van der Waals surface area contributed by atoms with Crippen LogP contribution in [0.4, 0.5) is 56.9 Å². The zero-order chi connectivity index (χ0) is 101. The van der Waals surface area contributed by atoms with Crippen LogP contribution >= 0.6 is 70.4 Å². The summed E-state index contributed by atoms with van der Waals surface area (Å²) in [7, 11) is 0. The maximum absolute atomic E-state index is 3.64. The Morgan fingerprint density at radius 2 is 0.319 bits per heavy atom. The van der Waals surface area contributed by atoms with Crippen LogP contribution in [0.15, 0.2) is 426 Å². The van der Waals surface area contributed by atoms with Gasteiger partial charge in [-0.1, -0.05) is 313 Å². The number of nitrogens with one attached hydrogen (secondary N) is 2. The van der Waals surface area contributed by atoms with Gasteiger partial charge in [0.05, 0.1) is 0 Å². The number of hydrogen-bond donors (Lipinski definition) is 2. The minimum absolute atomic E-state index is 1.07. The number of halogens is 4. The fourth-order valence-electron chi connectivity index (χ4n) is 19.7. The number of anilines is 10. The number of rotatable bonds is 21. The summed E-state index contributed by atoms with van der Waals surface area (Å²) in [6, 6.07) is 151. The third kappa shape index (κ3) is 23.2. The van der Waals surface area contributed by atoms with Crippen LogP contribution in [0, 0.1) is 114 Å². The third-order valence-electron chi connectivity index (χ3n) is 27.7. The van der Waals surface area contributed by atoms with Crippen LogP contribution in [0.5, 0.6) is 0 Å². The van der Waals surface area contributed by atoms with Crippen molar-refractivity contribution in [3.63, 3.8) is 0 Å². The van der Waals surface area contributed by atoms with Crippen LogP contribution in [0.2, 0.25) is 0 Å². The van der Waals surface area contributed by atoms with E-state index in [9.17, 15) is 0 Å². The van der Waals surface area contributed by atoms with E-state index in [1.165, 1.54) is 215 Å². The molecule has 0 radical (unpaired) electrons. The number of benzene rings is 20. The first-order valence-corrected chi connectivity index (χ1v) is 52.7. The summed E-state index contributed by atoms with van der Waals surface area (Å²) in [4.78, 5) is 4.78. The van der Waals surface area contributed by atoms with Crippen LogP contribution in [0.1, 0.15) is 89.0 Å². The van der Waals surface area contributed by atoms with Gasteiger partial charge in [-0.15, -0.1) is 0 Å². The average Bonchev–Trinajstić information content (AvgIpc) is 0.773. The topological polar surface area (TPSA) is 30.5 Å². The molecule has 0 aliphatic rings. The Labute approximate surface area is 891 Å². The Bertz CT molecular complexity index is 7590. The lowest BCUT2D eigenvalue weighted by molar-refractivity contribution is 1.25. The molecule has 0 saturated heterocycles. The molecule has 4 nitrogen and oxygen atoms in total. The molecule has 0 fully saturated rings. The lowest BCUT2D eigenvalue weighted by Crippen LogP contribution is -2.11. The van der Waals surface area contributed by atoms with Crippen molar-refractivity contribution in [3.8, 4) is 122 Å². The molecule has 144 heavy (non-hydrogen) atoms. The Balaban J connectivity index is 0.000000176. The van der Waals surface area contributed by atoms with Crippen LogP contribution in [-0.2, 0) is 0 Å². The number of aryl methyl sites for hydroxylation is 16. The van der Waals surface area contributed by atoms with E-state index >= 15 is 0 Å². The monoisotopic (exact) mass is 2170 g/mol. The summed E-state index contributed by atoms with van der Waals surface area (Å²) in [5.74, 6) is 0. The van der Waals surface area contributed by atoms with Crippen LogP contribution in [-0.4, -0.2) is 0 Å². The number of hydrogen-bond acceptors (Lipinski definition) is 4. The van der Waals surface area contributed by atoms with E-state index in [2.05, 4.69) is 614 Å². The van der Waals surface area contributed by atoms with Crippen molar-refractivity contribution in [2.24, 2.45) is 0 Å². The molecule has 0 saturated carbocycles. The lowest BCUT2D eigenvalue weighted by Gasteiger charge is -2.28. The zero-order valence-corrected chi connectivity index (χ0v) is 91.6. The molecule has 20 aromatic rings. The van der Waals surface area contributed by atoms with E-state index in [0.29, 0.717) is 0 Å². The van der Waals surface area contributed by atoms with Gasteiger partial charge in [-0.25, -0.2) is 0 Å². The van der Waals surface area contributed by atoms with E-state index in [1.807, 2.05) is 0 Å². The maximum atomic E-state index is 3.64. The van der Waals surface area contributed by atoms with E-state index in [0.717, 1.165) is 70.3 Å². The van der Waals surface area contributed by atoms with E-state index < -0.39 is 0 Å². The highest BCUT2D eigenvalue weighted by Gasteiger charge is 2.23. The predicted octanol–water partition coefficient (Wildman–Crippen LogP) is 41.7. The van der Waals surface area contributed by atoms with Gasteiger partial charge in [0.2, 0.25) is 0 Å². The summed E-state index contributed by atoms with van der Waals surface area (Å²) >= 11 is 12.9. The second-order valence-corrected chi connectivity index (χ2v) is 42.6. The minimum atomic E-state index is 1.07. The Kier molecular flexibility index (Phi) is 30.7. The summed E-state index contributed by atoms with van der Waals surface area (Å²) in [6.45, 7) is 35.3. The molecule has 20 rings (SSSR count). The first-order valence-electron chi connectivity index (χ1n) is 49.3. The van der Waals surface area contributed by atoms with Crippen LogP contribution in [0.3, 0.4) is 0 Å². The average molecular weight is 2180 g/mol. The van der Waals surface area contributed by atoms with Crippen molar-refractivity contribution in [3.05, 3.63) is 519 Å². The smallest absolute Gasteiger partial charge is 0.0464 e. The largest absolute Gasteiger partial charge is 0.356 e. The highest BCUT2D eigenvalue weighted by Crippen LogP contribution is 2.47. The van der Waals surface area contributed by atoms with Crippen LogP contribution in [0.25, 0.3) is 122 Å². The first kappa shape index (κ1) is 99.9. The summed E-state index contributed by atoms with van der Waals surface area (Å²) in [5, 5.41) is 7.29. The Hall–Kier alpha value is -14.2. The molecule has 710 valence electrons. The second kappa shape index (κ2) is 44.3. The molecule has 0 aromatic heterocycles. The molecule has 0 aliphatic carbocycles. The number of nitrogens with zero attached hydrogens (tertiary/aromatic N) is 2. The quantitative estimate of drug-likeness (QED) is 0.0702. The van der Waals surface area contributed by atoms with E-state index in [1.54, 1.807) is 0 Å². The van der Waals surface area contributed by atoms with E-state index in [-0.39, 0.29) is 0 Å². The molecule has 0 aliphatic heterocycles. The molecule has 0 atom stereocenters. The SMILES string of the molecule is Brc1ccc(-c2ccc(I)cc2)cc1.Cc1ccc(-c2ccc(N(c3ccc(-c4ccc(Br)cc4)cc3)c3ccc(-c4cc(C)c(-c5ccc(N(c6ccc(-c7ccc(Br)cc7)cc6)c6ccc(-c7ccc(C)cc7)c(C)c6)cc5C)cc4C)c(C)c3)cc2C)cc1.Cc1ccc(-c2ccc(Nc3ccc(-c4cc(C)c(-c5ccc(Nc6ccc(-c7ccc(C)cc7)c(C)c6)cc5C)cc4C)c(C)c3)cc2C)cc1. The molecule has 2 N–H and O–H groups in total. The van der Waals surface area contributed by atoms with Gasteiger partial charge in [0.15, 0.2) is 0 Å². The Morgan fingerprint density at radius 3 is 0.535 bits per heavy atom. The summed E-state index contributed by atoms with van der Waals surface area (Å²) in [5.41, 5.74) is 58.4. The summed E-state index contributed by atoms with van der Waals surface area (Å²) < 4.78 is 4.53. The zero-order valence-electron chi connectivity index (χ0n) is 84.7. The molecule has 0 bridgehead atoms. The predicted molar refractivity (Wildman–Crippen MR) is 640 cm³/mol. The molecule has 20 aromatic carbocycles. The van der Waals surface area contributed by atoms with Crippen molar-refractivity contribution < 1.29 is 0 Å². The van der Waals surface area contributed by atoms with Gasteiger partial charge in [0, 0.05) is 73.9 Å². The van der Waals surface area contributed by atoms with Crippen molar-refractivity contribution in [1.29, 1.82) is 0 Å². The summed E-state index contributed by atoms with van der Waals surface area (Å²) in [6.07, 6.45) is 0. The molecular formula is C136H118Br3IN4. The lowest BCUT2D eigenvalue weighted by atomic mass is 9.88. The van der Waals surface area contributed by atoms with Crippen molar-refractivity contribution >= 4 is 127 Å². The molecule has 8 heteroatoms. The fraction of sp³-hybridized carbons (Fsp3) is 0.118. The van der Waals surface area contributed by atoms with Crippen LogP contribution < -0.4 is 20.4 Å². The van der Waals surface area contributed by atoms with Gasteiger partial charge in [0.25, 0.3) is 0 Å². The van der Waals surface area contributed by atoms with Crippen molar-refractivity contribution in [2.75, 3.05) is 20.4 Å². The standard InChI is InChI=1S/C74H62Br2N2.C50H48N2.C12H8BrI/c1-47-9-13-59(14-10-47)69-37-33-65(41-49(69)3)77(63-29-21-57(22-30-63)55-17-25-61(75)26-18-55)67-35-39-71(51(5)43-67)73-45-54(8)74(46-53(73)7)72-40-36-68(44-52(72)6)78(64-31-23-58(24-32-64)56-19-27-62(76)28-20-56)66-34-38-70(50(4)42-66)60-15-11-48(2)12-16-60;1-31-9-13-39(14-10-31)45-21-17-41(25-33(45)3)51-43-19-23-47(35(5)27-43)49-29-38(8)50(30-37(49)7)48-24-20-44(28-36(48)6)52-42-18-22-46(34(4)26-42)40-15-11-32(2)12-16-40;13-11-5-1-9(2-6-11)10-3-7-12(14)8-4-10/h9-46H,1-8H3;9-30,51-52H,1-8H3;1-8H. The van der Waals surface area contributed by atoms with Crippen molar-refractivity contribution in [1.82, 2.24) is 0 Å². The van der Waals surface area contributed by atoms with Gasteiger partial charge in [-0.3, -0.25) is 0 Å². The molecular weight excluding hydrogens is 2060 g/mol. The first-order chi connectivity index (χ1) is 69.5.